The van der Waals surface area contributed by atoms with E-state index < -0.39 is 11.8 Å². The Morgan fingerprint density at radius 1 is 1.41 bits per heavy atom. The maximum atomic E-state index is 14.2. The van der Waals surface area contributed by atoms with Gasteiger partial charge in [0.2, 0.25) is 0 Å². The van der Waals surface area contributed by atoms with Crippen LogP contribution in [0.25, 0.3) is 10.9 Å². The zero-order valence-electron chi connectivity index (χ0n) is 12.6. The minimum absolute atomic E-state index is 0. The first-order valence-corrected chi connectivity index (χ1v) is 7.09. The predicted octanol–water partition coefficient (Wildman–Crippen LogP) is 2.62. The van der Waals surface area contributed by atoms with E-state index in [9.17, 15) is 9.18 Å². The number of carbonyl (C=O) groups excluding carboxylic acids is 1. The van der Waals surface area contributed by atoms with Crippen LogP contribution in [0.2, 0.25) is 0 Å². The van der Waals surface area contributed by atoms with E-state index in [1.807, 2.05) is 11.6 Å². The number of benzene rings is 1. The Balaban J connectivity index is 0.00000176. The summed E-state index contributed by atoms with van der Waals surface area (Å²) < 4.78 is 20.7. The van der Waals surface area contributed by atoms with Gasteiger partial charge in [0, 0.05) is 11.5 Å². The topological polar surface area (TPSA) is 56.1 Å². The summed E-state index contributed by atoms with van der Waals surface area (Å²) >= 11 is 0. The van der Waals surface area contributed by atoms with Gasteiger partial charge < -0.3 is 10.1 Å². The van der Waals surface area contributed by atoms with Crippen molar-refractivity contribution in [1.82, 2.24) is 15.1 Å². The number of rotatable bonds is 2. The Morgan fingerprint density at radius 3 is 2.73 bits per heavy atom. The molecule has 0 radical (unpaired) electrons. The Labute approximate surface area is 134 Å². The second-order valence-electron chi connectivity index (χ2n) is 5.35. The van der Waals surface area contributed by atoms with Crippen LogP contribution in [0, 0.1) is 12.7 Å². The Kier molecular flexibility index (Phi) is 5.03. The third-order valence-electron chi connectivity index (χ3n) is 4.04. The second kappa shape index (κ2) is 6.62. The number of aryl methyl sites for hydroxylation is 1. The highest BCUT2D eigenvalue weighted by Gasteiger charge is 2.22. The number of ether oxygens (including phenoxy) is 1. The van der Waals surface area contributed by atoms with Gasteiger partial charge in [-0.3, -0.25) is 4.68 Å². The molecule has 22 heavy (non-hydrogen) atoms. The van der Waals surface area contributed by atoms with E-state index in [1.165, 1.54) is 19.2 Å². The third kappa shape index (κ3) is 2.80. The van der Waals surface area contributed by atoms with Crippen LogP contribution in [0.4, 0.5) is 4.39 Å². The summed E-state index contributed by atoms with van der Waals surface area (Å²) in [5, 5.41) is 8.66. The fraction of sp³-hybridized carbons (Fsp3) is 0.467. The van der Waals surface area contributed by atoms with Crippen molar-refractivity contribution in [3.8, 4) is 0 Å². The molecule has 1 aliphatic heterocycles. The molecule has 3 rings (SSSR count). The standard InChI is InChI=1S/C15H18FN3O2.ClH/c1-9-11-7-12(15(20)21-2)13(16)8-14(11)19(18-9)10-3-5-17-6-4-10;/h7-8,10,17H,3-6H2,1-2H3;1H. The van der Waals surface area contributed by atoms with Crippen molar-refractivity contribution in [2.75, 3.05) is 20.2 Å². The summed E-state index contributed by atoms with van der Waals surface area (Å²) in [6, 6.07) is 3.20. The van der Waals surface area contributed by atoms with Crippen LogP contribution in [0.5, 0.6) is 0 Å². The fourth-order valence-corrected chi connectivity index (χ4v) is 2.91. The summed E-state index contributed by atoms with van der Waals surface area (Å²) in [6.45, 7) is 3.75. The molecule has 2 aromatic rings. The van der Waals surface area contributed by atoms with Gasteiger partial charge in [-0.05, 0) is 38.9 Å². The summed E-state index contributed by atoms with van der Waals surface area (Å²) in [5.74, 6) is -1.23. The molecule has 0 aliphatic carbocycles. The van der Waals surface area contributed by atoms with E-state index in [4.69, 9.17) is 0 Å². The molecule has 7 heteroatoms. The van der Waals surface area contributed by atoms with Crippen molar-refractivity contribution in [1.29, 1.82) is 0 Å². The van der Waals surface area contributed by atoms with Crippen molar-refractivity contribution >= 4 is 29.3 Å². The van der Waals surface area contributed by atoms with Gasteiger partial charge in [0.1, 0.15) is 5.82 Å². The van der Waals surface area contributed by atoms with Crippen LogP contribution in [0.1, 0.15) is 34.9 Å². The van der Waals surface area contributed by atoms with E-state index >= 15 is 0 Å². The number of carbonyl (C=O) groups is 1. The number of piperidine rings is 1. The first-order chi connectivity index (χ1) is 10.1. The van der Waals surface area contributed by atoms with Crippen LogP contribution < -0.4 is 5.32 Å². The van der Waals surface area contributed by atoms with Gasteiger partial charge in [-0.25, -0.2) is 9.18 Å². The summed E-state index contributed by atoms with van der Waals surface area (Å²) in [6.07, 6.45) is 1.94. The van der Waals surface area contributed by atoms with E-state index in [1.54, 1.807) is 0 Å². The van der Waals surface area contributed by atoms with Crippen molar-refractivity contribution in [2.24, 2.45) is 0 Å². The van der Waals surface area contributed by atoms with Crippen molar-refractivity contribution in [3.63, 3.8) is 0 Å². The number of nitrogens with zero attached hydrogens (tertiary/aromatic N) is 2. The van der Waals surface area contributed by atoms with Gasteiger partial charge in [-0.15, -0.1) is 12.4 Å². The van der Waals surface area contributed by atoms with Gasteiger partial charge in [0.25, 0.3) is 0 Å². The Hall–Kier alpha value is -1.66. The number of aromatic nitrogens is 2. The molecule has 2 heterocycles. The molecule has 0 amide bonds. The number of nitrogens with one attached hydrogen (secondary N) is 1. The minimum atomic E-state index is -0.664. The van der Waals surface area contributed by atoms with Crippen LogP contribution in [0.3, 0.4) is 0 Å². The minimum Gasteiger partial charge on any atom is -0.465 e. The molecular formula is C15H19ClFN3O2. The summed E-state index contributed by atoms with van der Waals surface area (Å²) in [4.78, 5) is 11.6. The number of fused-ring (bicyclic) bond motifs is 1. The molecule has 1 aromatic carbocycles. The first kappa shape index (κ1) is 16.7. The molecule has 1 saturated heterocycles. The number of hydrogen-bond donors (Lipinski definition) is 1. The SMILES string of the molecule is COC(=O)c1cc2c(C)nn(C3CCNCC3)c2cc1F.Cl. The molecule has 120 valence electrons. The maximum absolute atomic E-state index is 14.2. The molecule has 1 N–H and O–H groups in total. The normalized spacial score (nSPS) is 15.6. The van der Waals surface area contributed by atoms with Crippen LogP contribution >= 0.6 is 12.4 Å². The monoisotopic (exact) mass is 327 g/mol. The average molecular weight is 328 g/mol. The molecule has 0 atom stereocenters. The maximum Gasteiger partial charge on any atom is 0.340 e. The van der Waals surface area contributed by atoms with E-state index in [-0.39, 0.29) is 24.0 Å². The largest absolute Gasteiger partial charge is 0.465 e. The number of methoxy groups -OCH3 is 1. The smallest absolute Gasteiger partial charge is 0.340 e. The number of esters is 1. The Morgan fingerprint density at radius 2 is 2.09 bits per heavy atom. The van der Waals surface area contributed by atoms with Crippen LogP contribution in [-0.2, 0) is 4.74 Å². The zero-order valence-corrected chi connectivity index (χ0v) is 13.4. The number of halogens is 2. The summed E-state index contributed by atoms with van der Waals surface area (Å²) in [7, 11) is 1.25. The fourth-order valence-electron chi connectivity index (χ4n) is 2.91. The predicted molar refractivity (Wildman–Crippen MR) is 84.2 cm³/mol. The molecular weight excluding hydrogens is 309 g/mol. The molecule has 5 nitrogen and oxygen atoms in total. The molecule has 1 fully saturated rings. The van der Waals surface area contributed by atoms with E-state index in [0.29, 0.717) is 0 Å². The van der Waals surface area contributed by atoms with Gasteiger partial charge >= 0.3 is 5.97 Å². The van der Waals surface area contributed by atoms with Crippen molar-refractivity contribution in [2.45, 2.75) is 25.8 Å². The van der Waals surface area contributed by atoms with Gasteiger partial charge in [0.05, 0.1) is 29.9 Å². The van der Waals surface area contributed by atoms with Crippen molar-refractivity contribution in [3.05, 3.63) is 29.2 Å². The highest BCUT2D eigenvalue weighted by molar-refractivity contribution is 5.95. The zero-order chi connectivity index (χ0) is 15.0. The molecule has 1 aliphatic rings. The highest BCUT2D eigenvalue weighted by atomic mass is 35.5. The van der Waals surface area contributed by atoms with E-state index in [2.05, 4.69) is 15.2 Å². The number of hydrogen-bond acceptors (Lipinski definition) is 4. The second-order valence-corrected chi connectivity index (χ2v) is 5.35. The van der Waals surface area contributed by atoms with Gasteiger partial charge in [0.15, 0.2) is 0 Å². The molecule has 0 unspecified atom stereocenters. The first-order valence-electron chi connectivity index (χ1n) is 7.09. The Bertz CT molecular complexity index is 696. The lowest BCUT2D eigenvalue weighted by atomic mass is 10.1. The molecule has 0 spiro atoms. The average Bonchev–Trinajstić information content (AvgIpc) is 2.83. The molecule has 1 aromatic heterocycles. The highest BCUT2D eigenvalue weighted by Crippen LogP contribution is 2.28. The quantitative estimate of drug-likeness (QED) is 0.861. The van der Waals surface area contributed by atoms with Crippen LogP contribution in [-0.4, -0.2) is 35.9 Å². The lowest BCUT2D eigenvalue weighted by Crippen LogP contribution is -2.29. The van der Waals surface area contributed by atoms with E-state index in [0.717, 1.165) is 42.5 Å². The third-order valence-corrected chi connectivity index (χ3v) is 4.04. The van der Waals surface area contributed by atoms with Crippen molar-refractivity contribution < 1.29 is 13.9 Å². The van der Waals surface area contributed by atoms with Gasteiger partial charge in [-0.2, -0.15) is 5.10 Å². The lowest BCUT2D eigenvalue weighted by molar-refractivity contribution is 0.0595. The van der Waals surface area contributed by atoms with Crippen LogP contribution in [0.15, 0.2) is 12.1 Å². The summed E-state index contributed by atoms with van der Waals surface area (Å²) in [5.41, 5.74) is 1.50. The molecule has 0 saturated carbocycles. The molecule has 0 bridgehead atoms. The van der Waals surface area contributed by atoms with Gasteiger partial charge in [-0.1, -0.05) is 0 Å². The lowest BCUT2D eigenvalue weighted by Gasteiger charge is -2.23.